The summed E-state index contributed by atoms with van der Waals surface area (Å²) in [5.41, 5.74) is 0. The van der Waals surface area contributed by atoms with E-state index in [0.717, 1.165) is 12.2 Å². The van der Waals surface area contributed by atoms with Gasteiger partial charge in [-0.3, -0.25) is 4.79 Å². The minimum Gasteiger partial charge on any atom is -0.489 e. The van der Waals surface area contributed by atoms with E-state index >= 15 is 0 Å². The summed E-state index contributed by atoms with van der Waals surface area (Å²) in [5, 5.41) is 4.18. The van der Waals surface area contributed by atoms with Gasteiger partial charge in [-0.2, -0.15) is 4.98 Å². The number of nitrogens with zero attached hydrogens (tertiary/aromatic N) is 5. The lowest BCUT2D eigenvalue weighted by atomic mass is 10.3. The van der Waals surface area contributed by atoms with Crippen molar-refractivity contribution in [3.05, 3.63) is 54.6 Å². The molecule has 1 aliphatic rings. The standard InChI is InChI=1S/C16H15N5O2/c22-15(14-18-16-17-8-4-9-21(16)19-14)20-10-7-13(11-20)23-12-5-2-1-3-6-12/h1-6,8-9,13H,7,10-11H2/t13-/m1/s1. The van der Waals surface area contributed by atoms with Gasteiger partial charge < -0.3 is 9.64 Å². The largest absolute Gasteiger partial charge is 0.489 e. The second kappa shape index (κ2) is 5.68. The fourth-order valence-corrected chi connectivity index (χ4v) is 2.67. The molecule has 0 spiro atoms. The molecule has 7 nitrogen and oxygen atoms in total. The first-order valence-electron chi connectivity index (χ1n) is 7.48. The van der Waals surface area contributed by atoms with E-state index in [1.165, 1.54) is 4.52 Å². The highest BCUT2D eigenvalue weighted by Crippen LogP contribution is 2.19. The van der Waals surface area contributed by atoms with Gasteiger partial charge >= 0.3 is 0 Å². The molecule has 2 aromatic heterocycles. The first-order valence-corrected chi connectivity index (χ1v) is 7.48. The van der Waals surface area contributed by atoms with Gasteiger partial charge in [-0.1, -0.05) is 18.2 Å². The summed E-state index contributed by atoms with van der Waals surface area (Å²) in [7, 11) is 0. The molecule has 1 saturated heterocycles. The summed E-state index contributed by atoms with van der Waals surface area (Å²) >= 11 is 0. The van der Waals surface area contributed by atoms with Gasteiger partial charge in [0.2, 0.25) is 5.82 Å². The molecule has 3 heterocycles. The number of likely N-dealkylation sites (tertiary alicyclic amines) is 1. The zero-order chi connectivity index (χ0) is 15.6. The monoisotopic (exact) mass is 309 g/mol. The smallest absolute Gasteiger partial charge is 0.293 e. The molecule has 23 heavy (non-hydrogen) atoms. The second-order valence-electron chi connectivity index (χ2n) is 5.39. The molecule has 7 heteroatoms. The van der Waals surface area contributed by atoms with Crippen molar-refractivity contribution in [1.82, 2.24) is 24.5 Å². The van der Waals surface area contributed by atoms with E-state index in [9.17, 15) is 4.79 Å². The first-order chi connectivity index (χ1) is 11.3. The van der Waals surface area contributed by atoms with Gasteiger partial charge in [-0.05, 0) is 18.2 Å². The molecule has 1 fully saturated rings. The van der Waals surface area contributed by atoms with Crippen molar-refractivity contribution in [2.75, 3.05) is 13.1 Å². The van der Waals surface area contributed by atoms with Crippen LogP contribution in [0.15, 0.2) is 48.8 Å². The summed E-state index contributed by atoms with van der Waals surface area (Å²) in [6.07, 6.45) is 4.14. The average molecular weight is 309 g/mol. The lowest BCUT2D eigenvalue weighted by Gasteiger charge is -2.15. The molecule has 0 radical (unpaired) electrons. The summed E-state index contributed by atoms with van der Waals surface area (Å²) in [6, 6.07) is 11.4. The Hall–Kier alpha value is -2.96. The van der Waals surface area contributed by atoms with Gasteiger partial charge in [0.15, 0.2) is 0 Å². The number of para-hydroxylation sites is 1. The van der Waals surface area contributed by atoms with Gasteiger partial charge in [-0.25, -0.2) is 9.50 Å². The molecule has 4 rings (SSSR count). The molecule has 1 aliphatic heterocycles. The SMILES string of the molecule is O=C(c1nc2ncccn2n1)N1CC[C@@H](Oc2ccccc2)C1. The maximum absolute atomic E-state index is 12.5. The summed E-state index contributed by atoms with van der Waals surface area (Å²) in [5.74, 6) is 1.23. The lowest BCUT2D eigenvalue weighted by Crippen LogP contribution is -2.31. The van der Waals surface area contributed by atoms with Crippen molar-refractivity contribution in [2.24, 2.45) is 0 Å². The second-order valence-corrected chi connectivity index (χ2v) is 5.39. The number of benzene rings is 1. The summed E-state index contributed by atoms with van der Waals surface area (Å²) in [6.45, 7) is 1.18. The molecule has 116 valence electrons. The van der Waals surface area contributed by atoms with E-state index in [1.807, 2.05) is 30.3 Å². The first kappa shape index (κ1) is 13.7. The number of carbonyl (C=O) groups is 1. The minimum atomic E-state index is -0.185. The Morgan fingerprint density at radius 3 is 2.91 bits per heavy atom. The molecular weight excluding hydrogens is 294 g/mol. The Bertz CT molecular complexity index is 800. The van der Waals surface area contributed by atoms with Crippen molar-refractivity contribution in [3.8, 4) is 5.75 Å². The Balaban J connectivity index is 1.45. The highest BCUT2D eigenvalue weighted by Gasteiger charge is 2.30. The van der Waals surface area contributed by atoms with Crippen molar-refractivity contribution >= 4 is 11.7 Å². The van der Waals surface area contributed by atoms with Crippen LogP contribution in [0, 0.1) is 0 Å². The van der Waals surface area contributed by atoms with Gasteiger partial charge in [-0.15, -0.1) is 5.10 Å². The van der Waals surface area contributed by atoms with Crippen LogP contribution in [-0.2, 0) is 0 Å². The van der Waals surface area contributed by atoms with Crippen molar-refractivity contribution < 1.29 is 9.53 Å². The van der Waals surface area contributed by atoms with E-state index in [0.29, 0.717) is 18.9 Å². The summed E-state index contributed by atoms with van der Waals surface area (Å²) < 4.78 is 7.40. The topological polar surface area (TPSA) is 72.6 Å². The highest BCUT2D eigenvalue weighted by molar-refractivity contribution is 5.91. The molecule has 1 amide bonds. The van der Waals surface area contributed by atoms with Gasteiger partial charge in [0, 0.05) is 25.4 Å². The van der Waals surface area contributed by atoms with E-state index in [2.05, 4.69) is 15.1 Å². The lowest BCUT2D eigenvalue weighted by molar-refractivity contribution is 0.0760. The van der Waals surface area contributed by atoms with Crippen LogP contribution in [0.2, 0.25) is 0 Å². The van der Waals surface area contributed by atoms with E-state index in [4.69, 9.17) is 4.74 Å². The number of carbonyl (C=O) groups excluding carboxylic acids is 1. The molecule has 0 aliphatic carbocycles. The fraction of sp³-hybridized carbons (Fsp3) is 0.250. The van der Waals surface area contributed by atoms with Crippen LogP contribution in [0.25, 0.3) is 5.78 Å². The molecule has 0 saturated carbocycles. The van der Waals surface area contributed by atoms with Crippen LogP contribution in [0.4, 0.5) is 0 Å². The predicted molar refractivity (Wildman–Crippen MR) is 82.2 cm³/mol. The van der Waals surface area contributed by atoms with Crippen LogP contribution in [0.3, 0.4) is 0 Å². The number of ether oxygens (including phenoxy) is 1. The van der Waals surface area contributed by atoms with Crippen LogP contribution in [0.5, 0.6) is 5.75 Å². The van der Waals surface area contributed by atoms with E-state index in [-0.39, 0.29) is 17.8 Å². The molecule has 0 unspecified atom stereocenters. The van der Waals surface area contributed by atoms with Crippen molar-refractivity contribution in [3.63, 3.8) is 0 Å². The zero-order valence-corrected chi connectivity index (χ0v) is 12.4. The molecular formula is C16H15N5O2. The third kappa shape index (κ3) is 2.73. The van der Waals surface area contributed by atoms with E-state index < -0.39 is 0 Å². The van der Waals surface area contributed by atoms with Crippen molar-refractivity contribution in [2.45, 2.75) is 12.5 Å². The van der Waals surface area contributed by atoms with Crippen LogP contribution in [0.1, 0.15) is 17.0 Å². The van der Waals surface area contributed by atoms with Gasteiger partial charge in [0.05, 0.1) is 6.54 Å². The van der Waals surface area contributed by atoms with Crippen molar-refractivity contribution in [1.29, 1.82) is 0 Å². The Morgan fingerprint density at radius 2 is 2.09 bits per heavy atom. The average Bonchev–Trinajstić information content (AvgIpc) is 3.21. The predicted octanol–water partition coefficient (Wildman–Crippen LogP) is 1.42. The third-order valence-corrected chi connectivity index (χ3v) is 3.79. The highest BCUT2D eigenvalue weighted by atomic mass is 16.5. The third-order valence-electron chi connectivity index (χ3n) is 3.79. The van der Waals surface area contributed by atoms with E-state index in [1.54, 1.807) is 23.4 Å². The molecule has 0 N–H and O–H groups in total. The minimum absolute atomic E-state index is 0.00323. The normalized spacial score (nSPS) is 17.6. The maximum Gasteiger partial charge on any atom is 0.293 e. The maximum atomic E-state index is 12.5. The van der Waals surface area contributed by atoms with Crippen LogP contribution < -0.4 is 4.74 Å². The number of aromatic nitrogens is 4. The van der Waals surface area contributed by atoms with Crippen LogP contribution in [-0.4, -0.2) is 49.6 Å². The van der Waals surface area contributed by atoms with Gasteiger partial charge in [0.1, 0.15) is 11.9 Å². The van der Waals surface area contributed by atoms with Crippen LogP contribution >= 0.6 is 0 Å². The number of rotatable bonds is 3. The number of amides is 1. The Labute approximate surface area is 132 Å². The Morgan fingerprint density at radius 1 is 1.22 bits per heavy atom. The number of hydrogen-bond donors (Lipinski definition) is 0. The molecule has 1 atom stereocenters. The zero-order valence-electron chi connectivity index (χ0n) is 12.4. The molecule has 3 aromatic rings. The quantitative estimate of drug-likeness (QED) is 0.731. The molecule has 0 bridgehead atoms. The molecule has 1 aromatic carbocycles. The number of hydrogen-bond acceptors (Lipinski definition) is 5. The van der Waals surface area contributed by atoms with Gasteiger partial charge in [0.25, 0.3) is 11.7 Å². The fourth-order valence-electron chi connectivity index (χ4n) is 2.67. The number of fused-ring (bicyclic) bond motifs is 1. The Kier molecular flexibility index (Phi) is 3.38. The summed E-state index contributed by atoms with van der Waals surface area (Å²) in [4.78, 5) is 22.5.